The highest BCUT2D eigenvalue weighted by molar-refractivity contribution is 5.92. The number of anilines is 1. The summed E-state index contributed by atoms with van der Waals surface area (Å²) in [6.07, 6.45) is 2.39. The number of aromatic amines is 1. The molecule has 40 heavy (non-hydrogen) atoms. The molecule has 0 radical (unpaired) electrons. The molecule has 4 rings (SSSR count). The van der Waals surface area contributed by atoms with E-state index in [0.717, 1.165) is 16.8 Å². The molecule has 1 aliphatic carbocycles. The zero-order valence-electron chi connectivity index (χ0n) is 24.2. The second kappa shape index (κ2) is 12.1. The Labute approximate surface area is 234 Å². The predicted molar refractivity (Wildman–Crippen MR) is 154 cm³/mol. The number of rotatable bonds is 8. The van der Waals surface area contributed by atoms with Crippen LogP contribution >= 0.6 is 0 Å². The van der Waals surface area contributed by atoms with Gasteiger partial charge in [-0.15, -0.1) is 0 Å². The Morgan fingerprint density at radius 3 is 2.50 bits per heavy atom. The summed E-state index contributed by atoms with van der Waals surface area (Å²) in [6.45, 7) is 8.00. The number of nitrogens with one attached hydrogen (secondary N) is 2. The second-order valence-electron chi connectivity index (χ2n) is 11.4. The summed E-state index contributed by atoms with van der Waals surface area (Å²) < 4.78 is 18.5. The maximum absolute atomic E-state index is 13.0. The lowest BCUT2D eigenvalue weighted by molar-refractivity contribution is -0.121. The second-order valence-corrected chi connectivity index (χ2v) is 11.4. The zero-order chi connectivity index (χ0) is 29.0. The molecule has 1 heterocycles. The SMILES string of the molecule is COc1cc(NC(=O)[C@H]2CC[C@@H](n3c(=O)[nH]c4c(OCCN(C)C(=O)OC(C)(C)C)cccc43)CC2)ccc1C. The number of methoxy groups -OCH3 is 1. The average molecular weight is 553 g/mol. The summed E-state index contributed by atoms with van der Waals surface area (Å²) in [7, 11) is 3.27. The molecule has 10 nitrogen and oxygen atoms in total. The molecule has 2 amide bonds. The fraction of sp³-hybridized carbons (Fsp3) is 0.500. The fourth-order valence-electron chi connectivity index (χ4n) is 5.07. The van der Waals surface area contributed by atoms with E-state index in [1.807, 2.05) is 58.0 Å². The smallest absolute Gasteiger partial charge is 0.410 e. The summed E-state index contributed by atoms with van der Waals surface area (Å²) in [6, 6.07) is 11.2. The van der Waals surface area contributed by atoms with Gasteiger partial charge < -0.3 is 29.4 Å². The molecule has 1 fully saturated rings. The Bertz CT molecular complexity index is 1410. The van der Waals surface area contributed by atoms with Crippen LogP contribution in [0.2, 0.25) is 0 Å². The molecular weight excluding hydrogens is 512 g/mol. The molecule has 0 saturated heterocycles. The third-order valence-corrected chi connectivity index (χ3v) is 7.21. The first kappa shape index (κ1) is 29.0. The molecule has 1 aliphatic rings. The number of carbonyl (C=O) groups excluding carboxylic acids is 2. The van der Waals surface area contributed by atoms with Gasteiger partial charge in [0.1, 0.15) is 29.2 Å². The molecule has 216 valence electrons. The number of fused-ring (bicyclic) bond motifs is 1. The van der Waals surface area contributed by atoms with Crippen LogP contribution in [0.15, 0.2) is 41.2 Å². The maximum atomic E-state index is 13.0. The average Bonchev–Trinajstić information content (AvgIpc) is 3.25. The van der Waals surface area contributed by atoms with Crippen molar-refractivity contribution in [3.63, 3.8) is 0 Å². The van der Waals surface area contributed by atoms with Crippen LogP contribution in [0.25, 0.3) is 11.0 Å². The number of nitrogens with zero attached hydrogens (tertiary/aromatic N) is 2. The van der Waals surface area contributed by atoms with Gasteiger partial charge in [0.2, 0.25) is 5.91 Å². The highest BCUT2D eigenvalue weighted by atomic mass is 16.6. The molecule has 0 aliphatic heterocycles. The maximum Gasteiger partial charge on any atom is 0.410 e. The normalized spacial score (nSPS) is 17.4. The summed E-state index contributed by atoms with van der Waals surface area (Å²) in [5.74, 6) is 1.15. The highest BCUT2D eigenvalue weighted by Crippen LogP contribution is 2.35. The van der Waals surface area contributed by atoms with Gasteiger partial charge in [-0.2, -0.15) is 0 Å². The molecule has 1 saturated carbocycles. The number of amides is 2. The van der Waals surface area contributed by atoms with Crippen LogP contribution in [-0.4, -0.2) is 59.4 Å². The highest BCUT2D eigenvalue weighted by Gasteiger charge is 2.29. The number of aromatic nitrogens is 2. The first-order valence-electron chi connectivity index (χ1n) is 13.7. The minimum atomic E-state index is -0.571. The van der Waals surface area contributed by atoms with Crippen molar-refractivity contribution in [2.24, 2.45) is 5.92 Å². The number of ether oxygens (including phenoxy) is 3. The van der Waals surface area contributed by atoms with Crippen LogP contribution in [0.3, 0.4) is 0 Å². The van der Waals surface area contributed by atoms with Crippen LogP contribution in [0.1, 0.15) is 58.1 Å². The van der Waals surface area contributed by atoms with Crippen molar-refractivity contribution in [3.05, 3.63) is 52.4 Å². The molecule has 0 atom stereocenters. The molecule has 10 heteroatoms. The zero-order valence-corrected chi connectivity index (χ0v) is 24.2. The van der Waals surface area contributed by atoms with E-state index in [2.05, 4.69) is 10.3 Å². The van der Waals surface area contributed by atoms with Gasteiger partial charge in [0.15, 0.2) is 0 Å². The predicted octanol–water partition coefficient (Wildman–Crippen LogP) is 5.26. The van der Waals surface area contributed by atoms with E-state index in [1.54, 1.807) is 24.8 Å². The number of carbonyl (C=O) groups is 2. The Morgan fingerprint density at radius 2 is 1.82 bits per heavy atom. The first-order valence-corrected chi connectivity index (χ1v) is 13.7. The van der Waals surface area contributed by atoms with Gasteiger partial charge in [-0.25, -0.2) is 9.59 Å². The molecule has 2 aromatic carbocycles. The van der Waals surface area contributed by atoms with Crippen molar-refractivity contribution in [3.8, 4) is 11.5 Å². The standard InChI is InChI=1S/C30H40N4O6/c1-19-10-13-21(18-25(19)38-6)31-27(35)20-11-14-22(15-12-20)34-23-8-7-9-24(26(23)32-28(34)36)39-17-16-33(5)29(37)40-30(2,3)4/h7-10,13,18,20,22H,11-12,14-17H2,1-6H3,(H,31,35)(H,32,36)/t20-,22+. The largest absolute Gasteiger partial charge is 0.496 e. The minimum Gasteiger partial charge on any atom is -0.496 e. The van der Waals surface area contributed by atoms with Gasteiger partial charge in [0.05, 0.1) is 19.2 Å². The summed E-state index contributed by atoms with van der Waals surface area (Å²) in [5.41, 5.74) is 2.34. The number of imidazole rings is 1. The topological polar surface area (TPSA) is 115 Å². The van der Waals surface area contributed by atoms with E-state index in [-0.39, 0.29) is 30.2 Å². The summed E-state index contributed by atoms with van der Waals surface area (Å²) in [4.78, 5) is 42.6. The van der Waals surface area contributed by atoms with Crippen LogP contribution < -0.4 is 20.5 Å². The van der Waals surface area contributed by atoms with E-state index in [0.29, 0.717) is 49.2 Å². The number of para-hydroxylation sites is 1. The van der Waals surface area contributed by atoms with Crippen LogP contribution in [-0.2, 0) is 9.53 Å². The van der Waals surface area contributed by atoms with Gasteiger partial charge in [0, 0.05) is 30.8 Å². The molecule has 3 aromatic rings. The first-order chi connectivity index (χ1) is 19.0. The third-order valence-electron chi connectivity index (χ3n) is 7.21. The van der Waals surface area contributed by atoms with Gasteiger partial charge in [-0.05, 0) is 77.1 Å². The number of benzene rings is 2. The van der Waals surface area contributed by atoms with Crippen LogP contribution in [0.5, 0.6) is 11.5 Å². The van der Waals surface area contributed by atoms with Gasteiger partial charge in [0.25, 0.3) is 0 Å². The van der Waals surface area contributed by atoms with Crippen molar-refractivity contribution in [1.82, 2.24) is 14.5 Å². The number of hydrogen-bond acceptors (Lipinski definition) is 6. The monoisotopic (exact) mass is 552 g/mol. The third kappa shape index (κ3) is 6.78. The molecule has 1 aromatic heterocycles. The van der Waals surface area contributed by atoms with Gasteiger partial charge in [-0.3, -0.25) is 9.36 Å². The summed E-state index contributed by atoms with van der Waals surface area (Å²) >= 11 is 0. The Hall–Kier alpha value is -3.95. The van der Waals surface area contributed by atoms with Crippen molar-refractivity contribution >= 4 is 28.7 Å². The quantitative estimate of drug-likeness (QED) is 0.394. The van der Waals surface area contributed by atoms with Crippen molar-refractivity contribution < 1.29 is 23.8 Å². The number of likely N-dealkylation sites (N-methyl/N-ethyl adjacent to an activating group) is 1. The Balaban J connectivity index is 1.37. The molecular formula is C30H40N4O6. The Morgan fingerprint density at radius 1 is 1.10 bits per heavy atom. The summed E-state index contributed by atoms with van der Waals surface area (Å²) in [5, 5.41) is 3.01. The molecule has 0 unspecified atom stereocenters. The molecule has 0 spiro atoms. The fourth-order valence-corrected chi connectivity index (χ4v) is 5.07. The van der Waals surface area contributed by atoms with Crippen LogP contribution in [0, 0.1) is 12.8 Å². The molecule has 0 bridgehead atoms. The van der Waals surface area contributed by atoms with Crippen molar-refractivity contribution in [1.29, 1.82) is 0 Å². The lowest BCUT2D eigenvalue weighted by atomic mass is 9.85. The van der Waals surface area contributed by atoms with E-state index in [9.17, 15) is 14.4 Å². The number of H-pyrrole nitrogens is 1. The lowest BCUT2D eigenvalue weighted by Gasteiger charge is -2.28. The van der Waals surface area contributed by atoms with E-state index in [4.69, 9.17) is 14.2 Å². The van der Waals surface area contributed by atoms with E-state index in [1.165, 1.54) is 4.90 Å². The van der Waals surface area contributed by atoms with E-state index < -0.39 is 11.7 Å². The van der Waals surface area contributed by atoms with Gasteiger partial charge >= 0.3 is 11.8 Å². The number of hydrogen-bond donors (Lipinski definition) is 2. The Kier molecular flexibility index (Phi) is 8.76. The van der Waals surface area contributed by atoms with E-state index >= 15 is 0 Å². The lowest BCUT2D eigenvalue weighted by Crippen LogP contribution is -2.36. The van der Waals surface area contributed by atoms with Crippen molar-refractivity contribution in [2.75, 3.05) is 32.6 Å². The minimum absolute atomic E-state index is 0.0114. The van der Waals surface area contributed by atoms with Gasteiger partial charge in [-0.1, -0.05) is 12.1 Å². The van der Waals surface area contributed by atoms with Crippen LogP contribution in [0.4, 0.5) is 10.5 Å². The number of aryl methyl sites for hydroxylation is 1. The molecule has 2 N–H and O–H groups in total. The van der Waals surface area contributed by atoms with Crippen molar-refractivity contribution in [2.45, 2.75) is 65.0 Å².